The summed E-state index contributed by atoms with van der Waals surface area (Å²) in [6.45, 7) is 9.62. The fraction of sp³-hybridized carbons (Fsp3) is 0.562. The quantitative estimate of drug-likeness (QED) is 0.852. The summed E-state index contributed by atoms with van der Waals surface area (Å²) < 4.78 is 0. The molecule has 19 heavy (non-hydrogen) atoms. The molecule has 0 aliphatic rings. The molecule has 0 radical (unpaired) electrons. The predicted molar refractivity (Wildman–Crippen MR) is 78.5 cm³/mol. The zero-order chi connectivity index (χ0) is 14.4. The molecule has 1 amide bonds. The molecule has 1 rings (SSSR count). The third-order valence-corrected chi connectivity index (χ3v) is 3.76. The number of carbonyl (C=O) groups excluding carboxylic acids is 1. The van der Waals surface area contributed by atoms with Crippen LogP contribution < -0.4 is 0 Å². The molecule has 0 unspecified atom stereocenters. The van der Waals surface area contributed by atoms with Gasteiger partial charge in [-0.25, -0.2) is 0 Å². The van der Waals surface area contributed by atoms with E-state index in [-0.39, 0.29) is 11.7 Å². The Morgan fingerprint density at radius 2 is 1.89 bits per heavy atom. The molecular formula is C16H25NO2. The number of phenolic OH excluding ortho intramolecular Hbond substituents is 1. The first-order chi connectivity index (χ1) is 9.03. The molecule has 0 bridgehead atoms. The Morgan fingerprint density at radius 3 is 2.37 bits per heavy atom. The van der Waals surface area contributed by atoms with Gasteiger partial charge in [-0.1, -0.05) is 32.8 Å². The summed E-state index contributed by atoms with van der Waals surface area (Å²) in [7, 11) is 0. The zero-order valence-electron chi connectivity index (χ0n) is 12.4. The lowest BCUT2D eigenvalue weighted by atomic mass is 10.0. The molecule has 0 saturated carbocycles. The monoisotopic (exact) mass is 263 g/mol. The molecule has 1 aromatic rings. The van der Waals surface area contributed by atoms with Crippen LogP contribution >= 0.6 is 0 Å². The Labute approximate surface area is 116 Å². The normalized spacial score (nSPS) is 10.8. The van der Waals surface area contributed by atoms with Gasteiger partial charge in [-0.15, -0.1) is 0 Å². The molecule has 0 atom stereocenters. The smallest absolute Gasteiger partial charge is 0.253 e. The first-order valence-corrected chi connectivity index (χ1v) is 7.12. The highest BCUT2D eigenvalue weighted by molar-refractivity contribution is 5.94. The van der Waals surface area contributed by atoms with Crippen LogP contribution in [0.5, 0.6) is 5.75 Å². The number of benzene rings is 1. The molecule has 1 aromatic carbocycles. The van der Waals surface area contributed by atoms with Crippen molar-refractivity contribution >= 4 is 5.91 Å². The third-order valence-electron chi connectivity index (χ3n) is 3.76. The van der Waals surface area contributed by atoms with E-state index in [9.17, 15) is 9.90 Å². The van der Waals surface area contributed by atoms with E-state index in [1.165, 1.54) is 0 Å². The van der Waals surface area contributed by atoms with Gasteiger partial charge < -0.3 is 10.0 Å². The second kappa shape index (κ2) is 7.17. The fourth-order valence-corrected chi connectivity index (χ4v) is 2.14. The summed E-state index contributed by atoms with van der Waals surface area (Å²) >= 11 is 0. The molecular weight excluding hydrogens is 238 g/mol. The van der Waals surface area contributed by atoms with Gasteiger partial charge in [0.1, 0.15) is 5.75 Å². The van der Waals surface area contributed by atoms with Gasteiger partial charge in [0.05, 0.1) is 0 Å². The minimum atomic E-state index is 0.00435. The summed E-state index contributed by atoms with van der Waals surface area (Å²) in [6, 6.07) is 5.13. The highest BCUT2D eigenvalue weighted by Gasteiger charge is 2.18. The number of amides is 1. The Kier molecular flexibility index (Phi) is 5.87. The van der Waals surface area contributed by atoms with Crippen LogP contribution in [0.4, 0.5) is 0 Å². The largest absolute Gasteiger partial charge is 0.508 e. The van der Waals surface area contributed by atoms with E-state index in [1.807, 2.05) is 18.7 Å². The lowest BCUT2D eigenvalue weighted by Crippen LogP contribution is -2.35. The maximum atomic E-state index is 12.4. The third kappa shape index (κ3) is 3.98. The number of rotatable bonds is 6. The van der Waals surface area contributed by atoms with Gasteiger partial charge in [-0.05, 0) is 37.5 Å². The average molecular weight is 263 g/mol. The van der Waals surface area contributed by atoms with E-state index in [0.29, 0.717) is 18.0 Å². The average Bonchev–Trinajstić information content (AvgIpc) is 2.42. The van der Waals surface area contributed by atoms with E-state index in [2.05, 4.69) is 13.8 Å². The highest BCUT2D eigenvalue weighted by Crippen LogP contribution is 2.19. The van der Waals surface area contributed by atoms with Crippen molar-refractivity contribution in [1.29, 1.82) is 0 Å². The van der Waals surface area contributed by atoms with Crippen LogP contribution in [0.15, 0.2) is 18.2 Å². The second-order valence-corrected chi connectivity index (χ2v) is 5.03. The Morgan fingerprint density at radius 1 is 1.26 bits per heavy atom. The zero-order valence-corrected chi connectivity index (χ0v) is 12.4. The number of hydrogen-bond acceptors (Lipinski definition) is 2. The summed E-state index contributed by atoms with van der Waals surface area (Å²) in [5.41, 5.74) is 1.36. The number of hydrogen-bond donors (Lipinski definition) is 1. The standard InChI is InChI=1S/C16H25NO2/c1-5-13(6-2)11-17(7-3)16(19)14-9-8-12(4)15(18)10-14/h8-10,13,18H,5-7,11H2,1-4H3. The van der Waals surface area contributed by atoms with Crippen LogP contribution in [0.3, 0.4) is 0 Å². The summed E-state index contributed by atoms with van der Waals surface area (Å²) in [5, 5.41) is 9.71. The van der Waals surface area contributed by atoms with E-state index >= 15 is 0 Å². The van der Waals surface area contributed by atoms with Gasteiger partial charge in [0.2, 0.25) is 0 Å². The highest BCUT2D eigenvalue weighted by atomic mass is 16.3. The van der Waals surface area contributed by atoms with Crippen LogP contribution in [0.1, 0.15) is 49.5 Å². The summed E-state index contributed by atoms with van der Waals surface area (Å²) in [5.74, 6) is 0.733. The molecule has 1 N–H and O–H groups in total. The van der Waals surface area contributed by atoms with Crippen LogP contribution in [-0.2, 0) is 0 Å². The van der Waals surface area contributed by atoms with Gasteiger partial charge in [-0.3, -0.25) is 4.79 Å². The first kappa shape index (κ1) is 15.5. The van der Waals surface area contributed by atoms with Gasteiger partial charge in [0.25, 0.3) is 5.91 Å². The predicted octanol–water partition coefficient (Wildman–Crippen LogP) is 3.60. The molecule has 0 aromatic heterocycles. The molecule has 3 heteroatoms. The van der Waals surface area contributed by atoms with Crippen LogP contribution in [0.2, 0.25) is 0 Å². The minimum Gasteiger partial charge on any atom is -0.508 e. The lowest BCUT2D eigenvalue weighted by Gasteiger charge is -2.25. The minimum absolute atomic E-state index is 0.00435. The molecule has 106 valence electrons. The van der Waals surface area contributed by atoms with Crippen molar-refractivity contribution in [2.75, 3.05) is 13.1 Å². The van der Waals surface area contributed by atoms with Gasteiger partial charge in [-0.2, -0.15) is 0 Å². The van der Waals surface area contributed by atoms with E-state index in [4.69, 9.17) is 0 Å². The number of phenols is 1. The maximum absolute atomic E-state index is 12.4. The maximum Gasteiger partial charge on any atom is 0.253 e. The summed E-state index contributed by atoms with van der Waals surface area (Å²) in [4.78, 5) is 14.3. The molecule has 0 spiro atoms. The summed E-state index contributed by atoms with van der Waals surface area (Å²) in [6.07, 6.45) is 2.17. The van der Waals surface area contributed by atoms with Gasteiger partial charge in [0, 0.05) is 18.7 Å². The van der Waals surface area contributed by atoms with Gasteiger partial charge in [0.15, 0.2) is 0 Å². The molecule has 0 saturated heterocycles. The van der Waals surface area contributed by atoms with Crippen molar-refractivity contribution in [1.82, 2.24) is 4.90 Å². The number of aryl methyl sites for hydroxylation is 1. The SMILES string of the molecule is CCC(CC)CN(CC)C(=O)c1ccc(C)c(O)c1. The molecule has 0 aliphatic carbocycles. The van der Waals surface area contributed by atoms with Crippen LogP contribution in [0.25, 0.3) is 0 Å². The van der Waals surface area contributed by atoms with Crippen molar-refractivity contribution in [3.63, 3.8) is 0 Å². The lowest BCUT2D eigenvalue weighted by molar-refractivity contribution is 0.0734. The first-order valence-electron chi connectivity index (χ1n) is 7.12. The van der Waals surface area contributed by atoms with Crippen molar-refractivity contribution in [2.24, 2.45) is 5.92 Å². The van der Waals surface area contributed by atoms with Crippen LogP contribution in [0, 0.1) is 12.8 Å². The van der Waals surface area contributed by atoms with Crippen molar-refractivity contribution < 1.29 is 9.90 Å². The number of carbonyl (C=O) groups is 1. The van der Waals surface area contributed by atoms with Crippen molar-refractivity contribution in [3.05, 3.63) is 29.3 Å². The second-order valence-electron chi connectivity index (χ2n) is 5.03. The molecule has 0 aliphatic heterocycles. The Hall–Kier alpha value is -1.51. The van der Waals surface area contributed by atoms with E-state index in [1.54, 1.807) is 18.2 Å². The van der Waals surface area contributed by atoms with Crippen LogP contribution in [-0.4, -0.2) is 29.0 Å². The number of aromatic hydroxyl groups is 1. The molecule has 0 heterocycles. The topological polar surface area (TPSA) is 40.5 Å². The fourth-order valence-electron chi connectivity index (χ4n) is 2.14. The molecule has 0 fully saturated rings. The van der Waals surface area contributed by atoms with Crippen molar-refractivity contribution in [2.45, 2.75) is 40.5 Å². The molecule has 3 nitrogen and oxygen atoms in total. The number of nitrogens with zero attached hydrogens (tertiary/aromatic N) is 1. The Balaban J connectivity index is 2.85. The Bertz CT molecular complexity index is 425. The van der Waals surface area contributed by atoms with Gasteiger partial charge >= 0.3 is 0 Å². The van der Waals surface area contributed by atoms with E-state index < -0.39 is 0 Å². The van der Waals surface area contributed by atoms with E-state index in [0.717, 1.165) is 24.9 Å². The van der Waals surface area contributed by atoms with Crippen molar-refractivity contribution in [3.8, 4) is 5.75 Å².